The summed E-state index contributed by atoms with van der Waals surface area (Å²) < 4.78 is 5.57. The molecule has 2 aromatic carbocycles. The highest BCUT2D eigenvalue weighted by Gasteiger charge is 2.38. The third-order valence-electron chi connectivity index (χ3n) is 4.90. The molecule has 30 heavy (non-hydrogen) atoms. The molecule has 2 amide bonds. The fraction of sp³-hybridized carbons (Fsp3) is 0.333. The summed E-state index contributed by atoms with van der Waals surface area (Å²) in [5.41, 5.74) is 3.15. The van der Waals surface area contributed by atoms with E-state index in [1.54, 1.807) is 24.3 Å². The average molecular weight is 427 g/mol. The van der Waals surface area contributed by atoms with Gasteiger partial charge in [0.25, 0.3) is 11.8 Å². The predicted octanol–water partition coefficient (Wildman–Crippen LogP) is 5.05. The second-order valence-electron chi connectivity index (χ2n) is 7.33. The van der Waals surface area contributed by atoms with E-state index < -0.39 is 0 Å². The highest BCUT2D eigenvalue weighted by atomic mass is 35.5. The predicted molar refractivity (Wildman–Crippen MR) is 120 cm³/mol. The number of hydrogen-bond donors (Lipinski definition) is 1. The first-order valence-corrected chi connectivity index (χ1v) is 10.7. The average Bonchev–Trinajstić information content (AvgIpc) is 2.95. The molecule has 0 radical (unpaired) electrons. The van der Waals surface area contributed by atoms with Gasteiger partial charge in [-0.3, -0.25) is 14.5 Å². The van der Waals surface area contributed by atoms with E-state index in [9.17, 15) is 9.59 Å². The second-order valence-corrected chi connectivity index (χ2v) is 7.77. The molecule has 0 aromatic heterocycles. The van der Waals surface area contributed by atoms with Gasteiger partial charge in [0.1, 0.15) is 5.70 Å². The number of carbonyl (C=O) groups is 2. The zero-order valence-corrected chi connectivity index (χ0v) is 18.2. The number of unbranched alkanes of at least 4 members (excludes halogenated alkanes) is 1. The summed E-state index contributed by atoms with van der Waals surface area (Å²) in [5, 5.41) is 3.75. The number of ether oxygens (including phenoxy) is 1. The Morgan fingerprint density at radius 3 is 2.43 bits per heavy atom. The molecule has 1 N–H and O–H groups in total. The summed E-state index contributed by atoms with van der Waals surface area (Å²) in [6, 6.07) is 14.7. The van der Waals surface area contributed by atoms with Gasteiger partial charge in [-0.1, -0.05) is 49.2 Å². The molecule has 0 saturated heterocycles. The Labute approximate surface area is 182 Å². The summed E-state index contributed by atoms with van der Waals surface area (Å²) >= 11 is 6.01. The Bertz CT molecular complexity index is 938. The highest BCUT2D eigenvalue weighted by molar-refractivity contribution is 6.36. The van der Waals surface area contributed by atoms with Crippen LogP contribution in [0.2, 0.25) is 5.02 Å². The SMILES string of the molecule is CCCCOCCCN1C(=O)C(Nc2cccc(C)c2)=C(c2ccc(Cl)cc2)C1=O. The first-order valence-electron chi connectivity index (χ1n) is 10.3. The van der Waals surface area contributed by atoms with E-state index >= 15 is 0 Å². The molecule has 1 heterocycles. The number of carbonyl (C=O) groups excluding carboxylic acids is 2. The maximum atomic E-state index is 13.2. The van der Waals surface area contributed by atoms with Gasteiger partial charge in [0.2, 0.25) is 0 Å². The molecular weight excluding hydrogens is 400 g/mol. The molecule has 5 nitrogen and oxygen atoms in total. The van der Waals surface area contributed by atoms with Crippen LogP contribution in [0.25, 0.3) is 5.57 Å². The molecule has 6 heteroatoms. The molecule has 0 aliphatic carbocycles. The Balaban J connectivity index is 1.82. The molecule has 1 aliphatic heterocycles. The molecule has 0 atom stereocenters. The molecule has 3 rings (SSSR count). The van der Waals surface area contributed by atoms with Crippen molar-refractivity contribution >= 4 is 34.7 Å². The van der Waals surface area contributed by atoms with Crippen LogP contribution in [0.15, 0.2) is 54.2 Å². The third-order valence-corrected chi connectivity index (χ3v) is 5.15. The van der Waals surface area contributed by atoms with Crippen molar-refractivity contribution in [1.82, 2.24) is 4.90 Å². The van der Waals surface area contributed by atoms with E-state index in [1.807, 2.05) is 31.2 Å². The van der Waals surface area contributed by atoms with Crippen molar-refractivity contribution in [2.45, 2.75) is 33.1 Å². The number of anilines is 1. The van der Waals surface area contributed by atoms with E-state index in [0.717, 1.165) is 24.1 Å². The fourth-order valence-corrected chi connectivity index (χ4v) is 3.45. The quantitative estimate of drug-likeness (QED) is 0.426. The maximum absolute atomic E-state index is 13.2. The van der Waals surface area contributed by atoms with Gasteiger partial charge in [0.05, 0.1) is 5.57 Å². The van der Waals surface area contributed by atoms with E-state index in [2.05, 4.69) is 12.2 Å². The highest BCUT2D eigenvalue weighted by Crippen LogP contribution is 2.31. The summed E-state index contributed by atoms with van der Waals surface area (Å²) in [6.07, 6.45) is 2.69. The van der Waals surface area contributed by atoms with Crippen LogP contribution in [-0.2, 0) is 14.3 Å². The lowest BCUT2D eigenvalue weighted by atomic mass is 10.0. The first-order chi connectivity index (χ1) is 14.5. The summed E-state index contributed by atoms with van der Waals surface area (Å²) in [5.74, 6) is -0.619. The van der Waals surface area contributed by atoms with Crippen molar-refractivity contribution in [2.24, 2.45) is 0 Å². The summed E-state index contributed by atoms with van der Waals surface area (Å²) in [7, 11) is 0. The fourth-order valence-electron chi connectivity index (χ4n) is 3.32. The van der Waals surface area contributed by atoms with Gasteiger partial charge in [-0.05, 0) is 55.2 Å². The van der Waals surface area contributed by atoms with Crippen LogP contribution in [0.5, 0.6) is 0 Å². The molecule has 158 valence electrons. The van der Waals surface area contributed by atoms with Crippen LogP contribution >= 0.6 is 11.6 Å². The van der Waals surface area contributed by atoms with E-state index in [4.69, 9.17) is 16.3 Å². The second kappa shape index (κ2) is 10.4. The lowest BCUT2D eigenvalue weighted by Crippen LogP contribution is -2.34. The van der Waals surface area contributed by atoms with Gasteiger partial charge in [0.15, 0.2) is 0 Å². The van der Waals surface area contributed by atoms with Crippen molar-refractivity contribution in [3.63, 3.8) is 0 Å². The van der Waals surface area contributed by atoms with Crippen molar-refractivity contribution < 1.29 is 14.3 Å². The van der Waals surface area contributed by atoms with Crippen molar-refractivity contribution in [1.29, 1.82) is 0 Å². The van der Waals surface area contributed by atoms with Gasteiger partial charge in [-0.15, -0.1) is 0 Å². The number of halogens is 1. The number of hydrogen-bond acceptors (Lipinski definition) is 4. The lowest BCUT2D eigenvalue weighted by Gasteiger charge is -2.15. The molecule has 0 spiro atoms. The Morgan fingerprint density at radius 1 is 1.00 bits per heavy atom. The first kappa shape index (κ1) is 22.1. The minimum absolute atomic E-state index is 0.292. The number of nitrogens with one attached hydrogen (secondary N) is 1. The Kier molecular flexibility index (Phi) is 7.66. The molecule has 1 aliphatic rings. The molecule has 0 fully saturated rings. The third kappa shape index (κ3) is 5.29. The Hall–Kier alpha value is -2.63. The van der Waals surface area contributed by atoms with Crippen LogP contribution in [0.4, 0.5) is 5.69 Å². The standard InChI is InChI=1S/C24H27ClN2O3/c1-3-4-14-30-15-6-13-27-23(28)21(18-9-11-19(25)12-10-18)22(24(27)29)26-20-8-5-7-17(2)16-20/h5,7-12,16,26H,3-4,6,13-15H2,1-2H3. The number of benzene rings is 2. The monoisotopic (exact) mass is 426 g/mol. The van der Waals surface area contributed by atoms with Crippen molar-refractivity contribution in [3.05, 3.63) is 70.4 Å². The van der Waals surface area contributed by atoms with Crippen LogP contribution in [-0.4, -0.2) is 36.5 Å². The zero-order chi connectivity index (χ0) is 21.5. The molecular formula is C24H27ClN2O3. The lowest BCUT2D eigenvalue weighted by molar-refractivity contribution is -0.137. The number of amides is 2. The van der Waals surface area contributed by atoms with Crippen molar-refractivity contribution in [3.8, 4) is 0 Å². The van der Waals surface area contributed by atoms with Gasteiger partial charge in [-0.25, -0.2) is 0 Å². The summed E-state index contributed by atoms with van der Waals surface area (Å²) in [6.45, 7) is 5.63. The molecule has 0 bridgehead atoms. The van der Waals surface area contributed by atoms with E-state index in [-0.39, 0.29) is 11.8 Å². The number of rotatable bonds is 10. The Morgan fingerprint density at radius 2 is 1.73 bits per heavy atom. The number of aryl methyl sites for hydroxylation is 1. The zero-order valence-electron chi connectivity index (χ0n) is 17.4. The van der Waals surface area contributed by atoms with E-state index in [1.165, 1.54) is 4.90 Å². The minimum Gasteiger partial charge on any atom is -0.381 e. The van der Waals surface area contributed by atoms with Gasteiger partial charge in [-0.2, -0.15) is 0 Å². The smallest absolute Gasteiger partial charge is 0.278 e. The van der Waals surface area contributed by atoms with Crippen LogP contribution in [0.3, 0.4) is 0 Å². The maximum Gasteiger partial charge on any atom is 0.278 e. The molecule has 0 unspecified atom stereocenters. The normalized spacial score (nSPS) is 14.0. The van der Waals surface area contributed by atoms with Crippen LogP contribution < -0.4 is 5.32 Å². The number of nitrogens with zero attached hydrogens (tertiary/aromatic N) is 1. The summed E-state index contributed by atoms with van der Waals surface area (Å²) in [4.78, 5) is 27.6. The van der Waals surface area contributed by atoms with Crippen molar-refractivity contribution in [2.75, 3.05) is 25.1 Å². The van der Waals surface area contributed by atoms with Crippen LogP contribution in [0, 0.1) is 6.92 Å². The van der Waals surface area contributed by atoms with Gasteiger partial charge < -0.3 is 10.1 Å². The van der Waals surface area contributed by atoms with Gasteiger partial charge in [0, 0.05) is 30.5 Å². The van der Waals surface area contributed by atoms with Crippen LogP contribution in [0.1, 0.15) is 37.3 Å². The minimum atomic E-state index is -0.319. The topological polar surface area (TPSA) is 58.6 Å². The molecule has 2 aromatic rings. The number of imide groups is 1. The molecule has 0 saturated carbocycles. The van der Waals surface area contributed by atoms with Gasteiger partial charge >= 0.3 is 0 Å². The largest absolute Gasteiger partial charge is 0.381 e. The van der Waals surface area contributed by atoms with E-state index in [0.29, 0.717) is 48.0 Å².